The molecule has 0 aliphatic carbocycles. The minimum atomic E-state index is -0.470. The predicted octanol–water partition coefficient (Wildman–Crippen LogP) is 3.10. The van der Waals surface area contributed by atoms with E-state index in [0.29, 0.717) is 0 Å². The van der Waals surface area contributed by atoms with Crippen LogP contribution in [0.1, 0.15) is 0 Å². The molecule has 14 heavy (non-hydrogen) atoms. The summed E-state index contributed by atoms with van der Waals surface area (Å²) in [5.41, 5.74) is 0.726. The van der Waals surface area contributed by atoms with Crippen LogP contribution in [0.25, 0.3) is 0 Å². The standard InChI is InChI=1S/C10H11NO2S/c1-3-14-9-7-5-4-6-8(9)11-10(12)13-2/h3-7H,1H2,2H3,(H,11,12). The van der Waals surface area contributed by atoms with Crippen LogP contribution in [0, 0.1) is 0 Å². The van der Waals surface area contributed by atoms with E-state index in [1.807, 2.05) is 24.3 Å². The van der Waals surface area contributed by atoms with Crippen LogP contribution >= 0.6 is 11.8 Å². The molecule has 0 unspecified atom stereocenters. The van der Waals surface area contributed by atoms with E-state index in [2.05, 4.69) is 16.6 Å². The highest BCUT2D eigenvalue weighted by Gasteiger charge is 2.04. The molecule has 4 heteroatoms. The van der Waals surface area contributed by atoms with Gasteiger partial charge in [0.25, 0.3) is 0 Å². The van der Waals surface area contributed by atoms with Gasteiger partial charge in [0.15, 0.2) is 0 Å². The molecule has 0 heterocycles. The molecule has 0 bridgehead atoms. The van der Waals surface area contributed by atoms with Crippen molar-refractivity contribution >= 4 is 23.5 Å². The second kappa shape index (κ2) is 5.34. The number of amides is 1. The highest BCUT2D eigenvalue weighted by Crippen LogP contribution is 2.27. The summed E-state index contributed by atoms with van der Waals surface area (Å²) in [5, 5.41) is 4.32. The maximum Gasteiger partial charge on any atom is 0.411 e. The first-order valence-electron chi connectivity index (χ1n) is 3.99. The molecule has 3 nitrogen and oxygen atoms in total. The Morgan fingerprint density at radius 3 is 2.93 bits per heavy atom. The van der Waals surface area contributed by atoms with Crippen molar-refractivity contribution in [2.45, 2.75) is 4.90 Å². The summed E-state index contributed by atoms with van der Waals surface area (Å²) in [6.45, 7) is 3.62. The maximum absolute atomic E-state index is 11.0. The Hall–Kier alpha value is -1.42. The third-order valence-corrected chi connectivity index (χ3v) is 2.30. The van der Waals surface area contributed by atoms with E-state index in [9.17, 15) is 4.79 Å². The van der Waals surface area contributed by atoms with E-state index >= 15 is 0 Å². The highest BCUT2D eigenvalue weighted by atomic mass is 32.2. The smallest absolute Gasteiger partial charge is 0.411 e. The quantitative estimate of drug-likeness (QED) is 0.777. The van der Waals surface area contributed by atoms with Gasteiger partial charge in [0.2, 0.25) is 0 Å². The zero-order valence-corrected chi connectivity index (χ0v) is 8.64. The average molecular weight is 209 g/mol. The number of carbonyl (C=O) groups is 1. The van der Waals surface area contributed by atoms with Gasteiger partial charge in [-0.3, -0.25) is 5.32 Å². The fourth-order valence-electron chi connectivity index (χ4n) is 0.923. The first-order valence-corrected chi connectivity index (χ1v) is 4.87. The summed E-state index contributed by atoms with van der Waals surface area (Å²) in [6, 6.07) is 7.45. The summed E-state index contributed by atoms with van der Waals surface area (Å²) in [7, 11) is 1.33. The molecule has 1 aromatic carbocycles. The molecule has 0 aliphatic heterocycles. The normalized spacial score (nSPS) is 9.21. The number of benzene rings is 1. The molecule has 1 rings (SSSR count). The number of thioether (sulfide) groups is 1. The number of anilines is 1. The molecule has 0 spiro atoms. The number of para-hydroxylation sites is 1. The van der Waals surface area contributed by atoms with Crippen molar-refractivity contribution in [2.75, 3.05) is 12.4 Å². The van der Waals surface area contributed by atoms with E-state index in [0.717, 1.165) is 10.6 Å². The minimum absolute atomic E-state index is 0.470. The number of rotatable bonds is 3. The summed E-state index contributed by atoms with van der Waals surface area (Å²) in [6.07, 6.45) is -0.470. The molecule has 0 aromatic heterocycles. The predicted molar refractivity (Wildman–Crippen MR) is 58.5 cm³/mol. The fourth-order valence-corrected chi connectivity index (χ4v) is 1.51. The fraction of sp³-hybridized carbons (Fsp3) is 0.100. The Kier molecular flexibility index (Phi) is 4.07. The van der Waals surface area contributed by atoms with Crippen LogP contribution in [-0.4, -0.2) is 13.2 Å². The molecule has 0 saturated heterocycles. The molecule has 0 radical (unpaired) electrons. The molecular weight excluding hydrogens is 198 g/mol. The van der Waals surface area contributed by atoms with Gasteiger partial charge in [-0.15, -0.1) is 0 Å². The lowest BCUT2D eigenvalue weighted by Gasteiger charge is -2.07. The zero-order chi connectivity index (χ0) is 10.4. The van der Waals surface area contributed by atoms with Gasteiger partial charge in [-0.05, 0) is 17.5 Å². The monoisotopic (exact) mass is 209 g/mol. The van der Waals surface area contributed by atoms with E-state index < -0.39 is 6.09 Å². The SMILES string of the molecule is C=CSc1ccccc1NC(=O)OC. The average Bonchev–Trinajstić information content (AvgIpc) is 2.21. The number of carbonyl (C=O) groups excluding carboxylic acids is 1. The number of hydrogen-bond acceptors (Lipinski definition) is 3. The van der Waals surface area contributed by atoms with Crippen molar-refractivity contribution in [3.05, 3.63) is 36.3 Å². The number of methoxy groups -OCH3 is 1. The van der Waals surface area contributed by atoms with Crippen LogP contribution in [0.3, 0.4) is 0 Å². The lowest BCUT2D eigenvalue weighted by molar-refractivity contribution is 0.187. The number of nitrogens with one attached hydrogen (secondary N) is 1. The Morgan fingerprint density at radius 1 is 1.57 bits per heavy atom. The van der Waals surface area contributed by atoms with Crippen LogP contribution in [0.15, 0.2) is 41.1 Å². The van der Waals surface area contributed by atoms with Crippen molar-refractivity contribution in [2.24, 2.45) is 0 Å². The van der Waals surface area contributed by atoms with Crippen LogP contribution in [0.4, 0.5) is 10.5 Å². The van der Waals surface area contributed by atoms with Gasteiger partial charge >= 0.3 is 6.09 Å². The maximum atomic E-state index is 11.0. The molecule has 74 valence electrons. The van der Waals surface area contributed by atoms with Crippen molar-refractivity contribution < 1.29 is 9.53 Å². The molecule has 0 aliphatic rings. The zero-order valence-electron chi connectivity index (χ0n) is 7.82. The lowest BCUT2D eigenvalue weighted by Crippen LogP contribution is -2.11. The molecule has 0 saturated carbocycles. The van der Waals surface area contributed by atoms with Crippen LogP contribution in [-0.2, 0) is 4.74 Å². The van der Waals surface area contributed by atoms with Crippen molar-refractivity contribution in [3.8, 4) is 0 Å². The van der Waals surface area contributed by atoms with Gasteiger partial charge in [0, 0.05) is 4.90 Å². The van der Waals surface area contributed by atoms with Gasteiger partial charge < -0.3 is 4.74 Å². The topological polar surface area (TPSA) is 38.3 Å². The first kappa shape index (κ1) is 10.7. The minimum Gasteiger partial charge on any atom is -0.453 e. The Bertz CT molecular complexity index is 339. The molecule has 1 N–H and O–H groups in total. The van der Waals surface area contributed by atoms with Crippen molar-refractivity contribution in [1.29, 1.82) is 0 Å². The largest absolute Gasteiger partial charge is 0.453 e. The molecule has 0 atom stereocenters. The third-order valence-electron chi connectivity index (χ3n) is 1.52. The van der Waals surface area contributed by atoms with Gasteiger partial charge in [0.05, 0.1) is 12.8 Å². The second-order valence-electron chi connectivity index (χ2n) is 2.40. The first-order chi connectivity index (χ1) is 6.77. The molecular formula is C10H11NO2S. The number of hydrogen-bond donors (Lipinski definition) is 1. The Morgan fingerprint density at radius 2 is 2.29 bits per heavy atom. The van der Waals surface area contributed by atoms with E-state index in [1.54, 1.807) is 5.41 Å². The molecule has 0 fully saturated rings. The Balaban J connectivity index is 2.83. The third kappa shape index (κ3) is 2.81. The van der Waals surface area contributed by atoms with Crippen molar-refractivity contribution in [1.82, 2.24) is 0 Å². The van der Waals surface area contributed by atoms with E-state index in [1.165, 1.54) is 18.9 Å². The summed E-state index contributed by atoms with van der Waals surface area (Å²) in [4.78, 5) is 11.9. The highest BCUT2D eigenvalue weighted by molar-refractivity contribution is 8.02. The van der Waals surface area contributed by atoms with E-state index in [-0.39, 0.29) is 0 Å². The number of ether oxygens (including phenoxy) is 1. The molecule has 1 aromatic rings. The summed E-state index contributed by atoms with van der Waals surface area (Å²) < 4.78 is 4.50. The van der Waals surface area contributed by atoms with Gasteiger partial charge in [-0.1, -0.05) is 30.5 Å². The summed E-state index contributed by atoms with van der Waals surface area (Å²) in [5.74, 6) is 0. The van der Waals surface area contributed by atoms with Gasteiger partial charge in [-0.25, -0.2) is 4.79 Å². The lowest BCUT2D eigenvalue weighted by atomic mass is 10.3. The van der Waals surface area contributed by atoms with Crippen LogP contribution in [0.5, 0.6) is 0 Å². The van der Waals surface area contributed by atoms with Crippen molar-refractivity contribution in [3.63, 3.8) is 0 Å². The van der Waals surface area contributed by atoms with Crippen LogP contribution < -0.4 is 5.32 Å². The van der Waals surface area contributed by atoms with Gasteiger partial charge in [0.1, 0.15) is 0 Å². The molecule has 1 amide bonds. The Labute approximate surface area is 87.1 Å². The second-order valence-corrected chi connectivity index (χ2v) is 3.41. The summed E-state index contributed by atoms with van der Waals surface area (Å²) >= 11 is 1.45. The van der Waals surface area contributed by atoms with Gasteiger partial charge in [-0.2, -0.15) is 0 Å². The van der Waals surface area contributed by atoms with Crippen LogP contribution in [0.2, 0.25) is 0 Å². The van der Waals surface area contributed by atoms with E-state index in [4.69, 9.17) is 0 Å².